The van der Waals surface area contributed by atoms with Crippen LogP contribution in [0.1, 0.15) is 24.9 Å². The van der Waals surface area contributed by atoms with Gasteiger partial charge in [-0.15, -0.1) is 0 Å². The second-order valence-electron chi connectivity index (χ2n) is 5.59. The van der Waals surface area contributed by atoms with Gasteiger partial charge < -0.3 is 10.2 Å². The number of rotatable bonds is 2. The summed E-state index contributed by atoms with van der Waals surface area (Å²) in [5.41, 5.74) is 0.824. The van der Waals surface area contributed by atoms with E-state index in [4.69, 9.17) is 0 Å². The highest BCUT2D eigenvalue weighted by Crippen LogP contribution is 2.38. The zero-order valence-corrected chi connectivity index (χ0v) is 12.5. The van der Waals surface area contributed by atoms with Gasteiger partial charge in [-0.25, -0.2) is 4.39 Å². The van der Waals surface area contributed by atoms with Crippen LogP contribution in [-0.4, -0.2) is 34.4 Å². The van der Waals surface area contributed by atoms with E-state index in [0.717, 1.165) is 23.7 Å². The monoisotopic (exact) mass is 308 g/mol. The number of carbonyl (C=O) groups is 2. The third kappa shape index (κ3) is 2.77. The molecule has 2 saturated heterocycles. The van der Waals surface area contributed by atoms with Gasteiger partial charge in [0, 0.05) is 12.3 Å². The van der Waals surface area contributed by atoms with Crippen LogP contribution in [0.4, 0.5) is 9.18 Å². The molecule has 0 unspecified atom stereocenters. The molecule has 3 rings (SSSR count). The van der Waals surface area contributed by atoms with E-state index in [0.29, 0.717) is 12.3 Å². The molecule has 4 nitrogen and oxygen atoms in total. The highest BCUT2D eigenvalue weighted by atomic mass is 32.2. The number of benzene rings is 1. The van der Waals surface area contributed by atoms with Crippen molar-refractivity contribution >= 4 is 22.9 Å². The molecule has 2 heterocycles. The molecule has 0 aliphatic carbocycles. The molecule has 112 valence electrons. The first-order valence-corrected chi connectivity index (χ1v) is 8.04. The van der Waals surface area contributed by atoms with Crippen molar-refractivity contribution in [2.75, 3.05) is 12.3 Å². The van der Waals surface area contributed by atoms with Gasteiger partial charge in [-0.05, 0) is 30.0 Å². The number of nitrogens with zero attached hydrogens (tertiary/aromatic N) is 1. The van der Waals surface area contributed by atoms with E-state index in [-0.39, 0.29) is 28.9 Å². The van der Waals surface area contributed by atoms with Crippen LogP contribution < -0.4 is 5.32 Å². The summed E-state index contributed by atoms with van der Waals surface area (Å²) in [6.07, 6.45) is 0.890. The Hall–Kier alpha value is -1.56. The standard InChI is InChI=1S/C15H17FN2O2S/c1-9-5-6-18(14(19)12-8-21-15(20)17-12)13(9)10-3-2-4-11(16)7-10/h2-4,7,9,12-13H,5-6,8H2,1H3,(H,17,20)/t9-,12+,13-/m1/s1. The summed E-state index contributed by atoms with van der Waals surface area (Å²) >= 11 is 1.14. The van der Waals surface area contributed by atoms with E-state index >= 15 is 0 Å². The number of carbonyl (C=O) groups excluding carboxylic acids is 2. The van der Waals surface area contributed by atoms with Crippen molar-refractivity contribution in [1.29, 1.82) is 0 Å². The molecule has 21 heavy (non-hydrogen) atoms. The molecule has 3 atom stereocenters. The molecular weight excluding hydrogens is 291 g/mol. The number of halogens is 1. The smallest absolute Gasteiger partial charge is 0.279 e. The summed E-state index contributed by atoms with van der Waals surface area (Å²) in [7, 11) is 0. The first-order chi connectivity index (χ1) is 10.1. The molecule has 0 spiro atoms. The summed E-state index contributed by atoms with van der Waals surface area (Å²) in [6.45, 7) is 2.73. The largest absolute Gasteiger partial charge is 0.334 e. The topological polar surface area (TPSA) is 49.4 Å². The van der Waals surface area contributed by atoms with Crippen molar-refractivity contribution in [2.45, 2.75) is 25.4 Å². The average molecular weight is 308 g/mol. The number of likely N-dealkylation sites (tertiary alicyclic amines) is 1. The van der Waals surface area contributed by atoms with E-state index in [1.54, 1.807) is 11.0 Å². The van der Waals surface area contributed by atoms with Crippen LogP contribution in [0.25, 0.3) is 0 Å². The molecule has 6 heteroatoms. The minimum Gasteiger partial charge on any atom is -0.334 e. The van der Waals surface area contributed by atoms with Gasteiger partial charge in [0.1, 0.15) is 11.9 Å². The molecule has 1 aromatic carbocycles. The fraction of sp³-hybridized carbons (Fsp3) is 0.467. The van der Waals surface area contributed by atoms with Crippen molar-refractivity contribution in [3.8, 4) is 0 Å². The Morgan fingerprint density at radius 3 is 2.95 bits per heavy atom. The van der Waals surface area contributed by atoms with Gasteiger partial charge >= 0.3 is 0 Å². The summed E-state index contributed by atoms with van der Waals surface area (Å²) in [5, 5.41) is 2.54. The second kappa shape index (κ2) is 5.67. The zero-order valence-electron chi connectivity index (χ0n) is 11.7. The maximum absolute atomic E-state index is 13.5. The van der Waals surface area contributed by atoms with Gasteiger partial charge in [0.05, 0.1) is 6.04 Å². The van der Waals surface area contributed by atoms with Crippen LogP contribution in [0.5, 0.6) is 0 Å². The molecule has 0 saturated carbocycles. The summed E-state index contributed by atoms with van der Waals surface area (Å²) in [4.78, 5) is 25.7. The number of nitrogens with one attached hydrogen (secondary N) is 1. The lowest BCUT2D eigenvalue weighted by Gasteiger charge is -2.29. The van der Waals surface area contributed by atoms with Crippen molar-refractivity contribution in [3.05, 3.63) is 35.6 Å². The molecule has 2 fully saturated rings. The Morgan fingerprint density at radius 1 is 1.48 bits per heavy atom. The van der Waals surface area contributed by atoms with Crippen LogP contribution in [0.2, 0.25) is 0 Å². The summed E-state index contributed by atoms with van der Waals surface area (Å²) < 4.78 is 13.5. The highest BCUT2D eigenvalue weighted by molar-refractivity contribution is 8.14. The van der Waals surface area contributed by atoms with Gasteiger partial charge in [-0.1, -0.05) is 30.8 Å². The molecule has 2 amide bonds. The molecule has 0 radical (unpaired) electrons. The molecule has 0 bridgehead atoms. The van der Waals surface area contributed by atoms with E-state index in [1.165, 1.54) is 12.1 Å². The number of thioether (sulfide) groups is 1. The Labute approximate surface area is 127 Å². The maximum Gasteiger partial charge on any atom is 0.279 e. The average Bonchev–Trinajstić information content (AvgIpc) is 3.04. The summed E-state index contributed by atoms with van der Waals surface area (Å²) in [6, 6.07) is 5.86. The van der Waals surface area contributed by atoms with E-state index in [2.05, 4.69) is 12.2 Å². The third-order valence-electron chi connectivity index (χ3n) is 4.14. The van der Waals surface area contributed by atoms with Crippen LogP contribution >= 0.6 is 11.8 Å². The van der Waals surface area contributed by atoms with Crippen LogP contribution in [0, 0.1) is 11.7 Å². The Bertz CT molecular complexity index is 581. The van der Waals surface area contributed by atoms with E-state index < -0.39 is 6.04 Å². The fourth-order valence-corrected chi connectivity index (χ4v) is 3.88. The number of hydrogen-bond acceptors (Lipinski definition) is 3. The van der Waals surface area contributed by atoms with Crippen LogP contribution in [0.15, 0.2) is 24.3 Å². The van der Waals surface area contributed by atoms with Crippen LogP contribution in [0.3, 0.4) is 0 Å². The van der Waals surface area contributed by atoms with Gasteiger partial charge in [0.2, 0.25) is 5.91 Å². The molecule has 1 aromatic rings. The van der Waals surface area contributed by atoms with Gasteiger partial charge in [-0.3, -0.25) is 9.59 Å². The normalized spacial score (nSPS) is 28.8. The number of amides is 2. The van der Waals surface area contributed by atoms with Gasteiger partial charge in [0.15, 0.2) is 0 Å². The lowest BCUT2D eigenvalue weighted by atomic mass is 9.95. The Balaban J connectivity index is 1.84. The van der Waals surface area contributed by atoms with Gasteiger partial charge in [-0.2, -0.15) is 0 Å². The Morgan fingerprint density at radius 2 is 2.29 bits per heavy atom. The minimum absolute atomic E-state index is 0.0630. The first-order valence-electron chi connectivity index (χ1n) is 7.05. The van der Waals surface area contributed by atoms with Crippen molar-refractivity contribution in [3.63, 3.8) is 0 Å². The van der Waals surface area contributed by atoms with Gasteiger partial charge in [0.25, 0.3) is 5.24 Å². The Kier molecular flexibility index (Phi) is 3.89. The zero-order chi connectivity index (χ0) is 15.0. The highest BCUT2D eigenvalue weighted by Gasteiger charge is 2.40. The van der Waals surface area contributed by atoms with E-state index in [9.17, 15) is 14.0 Å². The first kappa shape index (κ1) is 14.4. The molecular formula is C15H17FN2O2S. The predicted octanol–water partition coefficient (Wildman–Crippen LogP) is 2.56. The summed E-state index contributed by atoms with van der Waals surface area (Å²) in [5.74, 6) is 0.398. The lowest BCUT2D eigenvalue weighted by molar-refractivity contribution is -0.133. The van der Waals surface area contributed by atoms with Crippen molar-refractivity contribution < 1.29 is 14.0 Å². The quantitative estimate of drug-likeness (QED) is 0.913. The SMILES string of the molecule is C[C@@H]1CCN(C(=O)[C@@H]2CSC(=O)N2)[C@H]1c1cccc(F)c1. The molecule has 0 aromatic heterocycles. The van der Waals surface area contributed by atoms with Crippen LogP contribution in [-0.2, 0) is 4.79 Å². The predicted molar refractivity (Wildman–Crippen MR) is 79.4 cm³/mol. The van der Waals surface area contributed by atoms with E-state index in [1.807, 2.05) is 6.07 Å². The molecule has 1 N–H and O–H groups in total. The second-order valence-corrected chi connectivity index (χ2v) is 6.59. The fourth-order valence-electron chi connectivity index (χ4n) is 3.11. The van der Waals surface area contributed by atoms with Crippen molar-refractivity contribution in [1.82, 2.24) is 10.2 Å². The number of hydrogen-bond donors (Lipinski definition) is 1. The maximum atomic E-state index is 13.5. The third-order valence-corrected chi connectivity index (χ3v) is 5.02. The minimum atomic E-state index is -0.455. The van der Waals surface area contributed by atoms with Crippen molar-refractivity contribution in [2.24, 2.45) is 5.92 Å². The lowest BCUT2D eigenvalue weighted by Crippen LogP contribution is -2.45. The molecule has 2 aliphatic rings. The molecule has 2 aliphatic heterocycles.